The maximum atomic E-state index is 12.9. The summed E-state index contributed by atoms with van der Waals surface area (Å²) < 4.78 is 16.9. The van der Waals surface area contributed by atoms with Gasteiger partial charge in [0.25, 0.3) is 0 Å². The number of aliphatic hydroxyl groups excluding tert-OH is 2. The van der Waals surface area contributed by atoms with Gasteiger partial charge in [0, 0.05) is 24.4 Å². The summed E-state index contributed by atoms with van der Waals surface area (Å²) in [6, 6.07) is 1.97. The van der Waals surface area contributed by atoms with E-state index in [1.807, 2.05) is 13.1 Å². The molecule has 8 atom stereocenters. The number of ether oxygens (including phenoxy) is 3. The molecule has 4 aliphatic rings. The van der Waals surface area contributed by atoms with Crippen molar-refractivity contribution in [2.45, 2.75) is 87.2 Å². The fraction of sp³-hybridized carbons (Fsp3) is 0.593. The van der Waals surface area contributed by atoms with E-state index in [0.717, 1.165) is 11.1 Å². The van der Waals surface area contributed by atoms with E-state index in [9.17, 15) is 34.8 Å². The first kappa shape index (κ1) is 28.3. The fourth-order valence-electron chi connectivity index (χ4n) is 6.65. The van der Waals surface area contributed by atoms with Gasteiger partial charge < -0.3 is 50.0 Å². The highest BCUT2D eigenvalue weighted by Gasteiger charge is 2.72. The molecule has 2 heterocycles. The van der Waals surface area contributed by atoms with Crippen LogP contribution in [-0.4, -0.2) is 104 Å². The summed E-state index contributed by atoms with van der Waals surface area (Å²) in [5.74, 6) is -2.89. The number of phenols is 1. The number of piperidine rings is 1. The minimum Gasteiger partial charge on any atom is -0.504 e. The molecule has 6 N–H and O–H groups in total. The van der Waals surface area contributed by atoms with E-state index < -0.39 is 65.9 Å². The normalized spacial score (nSPS) is 31.1. The van der Waals surface area contributed by atoms with E-state index in [2.05, 4.69) is 10.2 Å². The van der Waals surface area contributed by atoms with Gasteiger partial charge in [-0.05, 0) is 58.0 Å². The monoisotopic (exact) mass is 562 g/mol. The van der Waals surface area contributed by atoms with Crippen molar-refractivity contribution in [2.75, 3.05) is 13.6 Å². The van der Waals surface area contributed by atoms with Crippen LogP contribution in [0.5, 0.6) is 11.5 Å². The first-order valence-electron chi connectivity index (χ1n) is 13.2. The summed E-state index contributed by atoms with van der Waals surface area (Å²) in [7, 11) is 1.95. The van der Waals surface area contributed by atoms with Gasteiger partial charge in [0.05, 0.1) is 11.0 Å². The smallest absolute Gasteiger partial charge is 0.340 e. The highest BCUT2D eigenvalue weighted by molar-refractivity contribution is 5.85. The molecule has 1 fully saturated rings. The average Bonchev–Trinajstić information content (AvgIpc) is 3.25. The van der Waals surface area contributed by atoms with Gasteiger partial charge in [0.15, 0.2) is 30.0 Å². The number of carbonyl (C=O) groups is 3. The molecule has 5 rings (SSSR count). The summed E-state index contributed by atoms with van der Waals surface area (Å²) >= 11 is 0. The van der Waals surface area contributed by atoms with Crippen LogP contribution in [0.4, 0.5) is 0 Å². The van der Waals surface area contributed by atoms with Crippen LogP contribution in [-0.2, 0) is 35.7 Å². The molecule has 0 aromatic heterocycles. The number of carboxylic acid groups (broad SMARTS) is 1. The number of phenolic OH excluding ortho intramolecular Hbond substituents is 1. The van der Waals surface area contributed by atoms with Crippen LogP contribution < -0.4 is 10.1 Å². The van der Waals surface area contributed by atoms with Crippen LogP contribution in [0.1, 0.15) is 44.2 Å². The number of aliphatic carboxylic acids is 1. The molecular weight excluding hydrogens is 528 g/mol. The van der Waals surface area contributed by atoms with Crippen molar-refractivity contribution < 1.29 is 54.1 Å². The van der Waals surface area contributed by atoms with Gasteiger partial charge in [-0.15, -0.1) is 0 Å². The number of likely N-dealkylation sites (N-methyl/N-ethyl adjacent to an activating group) is 1. The largest absolute Gasteiger partial charge is 0.504 e. The number of carbonyl (C=O) groups excluding carboxylic acids is 2. The number of likely N-dealkylation sites (tertiary alicyclic amines) is 1. The van der Waals surface area contributed by atoms with Crippen LogP contribution in [0.15, 0.2) is 24.0 Å². The van der Waals surface area contributed by atoms with Crippen molar-refractivity contribution in [1.29, 1.82) is 0 Å². The Morgan fingerprint density at radius 2 is 1.98 bits per heavy atom. The molecule has 0 saturated carbocycles. The van der Waals surface area contributed by atoms with E-state index in [0.29, 0.717) is 19.4 Å². The highest BCUT2D eigenvalue weighted by Crippen LogP contribution is 2.65. The van der Waals surface area contributed by atoms with Crippen molar-refractivity contribution >= 4 is 17.8 Å². The number of nitrogens with one attached hydrogen (secondary N) is 1. The fourth-order valence-corrected chi connectivity index (χ4v) is 6.65. The van der Waals surface area contributed by atoms with E-state index in [1.54, 1.807) is 12.1 Å². The van der Waals surface area contributed by atoms with Crippen LogP contribution in [0.3, 0.4) is 0 Å². The number of hydrogen-bond donors (Lipinski definition) is 6. The predicted molar refractivity (Wildman–Crippen MR) is 135 cm³/mol. The first-order valence-corrected chi connectivity index (χ1v) is 13.2. The van der Waals surface area contributed by atoms with Crippen molar-refractivity contribution in [3.63, 3.8) is 0 Å². The van der Waals surface area contributed by atoms with Gasteiger partial charge in [0.2, 0.25) is 5.91 Å². The Morgan fingerprint density at radius 3 is 2.67 bits per heavy atom. The van der Waals surface area contributed by atoms with Gasteiger partial charge in [-0.3, -0.25) is 9.59 Å². The molecule has 13 heteroatoms. The Bertz CT molecular complexity index is 1270. The summed E-state index contributed by atoms with van der Waals surface area (Å²) in [5, 5.41) is 54.5. The number of nitrogens with zero attached hydrogens (tertiary/aromatic N) is 1. The van der Waals surface area contributed by atoms with Gasteiger partial charge in [0.1, 0.15) is 17.9 Å². The number of carboxylic acids is 1. The zero-order valence-electron chi connectivity index (χ0n) is 22.4. The topological polar surface area (TPSA) is 195 Å². The van der Waals surface area contributed by atoms with Gasteiger partial charge in [-0.1, -0.05) is 6.07 Å². The number of benzene rings is 1. The SMILES string of the molecule is C[C@H](NC(=O)[C@H](C)OC(O)C[C@H](O)C(=O)OC1=CC[C@@]2(O)[C@H]3Cc4ccc(O)c5c4C2(CCN3C)[C@H]1O5)C(=O)O. The van der Waals surface area contributed by atoms with Gasteiger partial charge in [-0.25, -0.2) is 4.79 Å². The highest BCUT2D eigenvalue weighted by atomic mass is 16.6. The maximum absolute atomic E-state index is 12.9. The number of aliphatic hydroxyl groups is 3. The van der Waals surface area contributed by atoms with Crippen molar-refractivity contribution in [1.82, 2.24) is 10.2 Å². The van der Waals surface area contributed by atoms with E-state index in [-0.39, 0.29) is 29.7 Å². The molecule has 218 valence electrons. The lowest BCUT2D eigenvalue weighted by Crippen LogP contribution is -2.74. The second-order valence-electron chi connectivity index (χ2n) is 11.1. The molecule has 2 bridgehead atoms. The Kier molecular flexibility index (Phi) is 7.07. The number of aromatic hydroxyl groups is 1. The van der Waals surface area contributed by atoms with Crippen LogP contribution in [0.25, 0.3) is 0 Å². The Hall–Kier alpha value is -3.23. The standard InChI is InChI=1S/C27H34N2O11/c1-12(24(34)35)28-23(33)13(2)38-19(32)11-16(31)25(36)39-17-6-7-27(37)18-10-14-4-5-15(30)21-20(14)26(27,22(17)40-21)8-9-29(18)3/h4-6,12-13,16,18-19,22,30-32,37H,7-11H2,1-3H3,(H,28,33)(H,34,35)/t12-,13-,16-,18+,19?,22-,26?,27+/m0/s1. The summed E-state index contributed by atoms with van der Waals surface area (Å²) in [4.78, 5) is 38.0. The van der Waals surface area contributed by atoms with Gasteiger partial charge >= 0.3 is 11.9 Å². The quantitative estimate of drug-likeness (QED) is 0.163. The molecule has 2 aliphatic heterocycles. The second-order valence-corrected chi connectivity index (χ2v) is 11.1. The lowest BCUT2D eigenvalue weighted by molar-refractivity contribution is -0.180. The third-order valence-corrected chi connectivity index (χ3v) is 8.73. The molecule has 1 aromatic carbocycles. The molecule has 40 heavy (non-hydrogen) atoms. The van der Waals surface area contributed by atoms with Gasteiger partial charge in [-0.2, -0.15) is 0 Å². The lowest BCUT2D eigenvalue weighted by atomic mass is 9.50. The molecule has 13 nitrogen and oxygen atoms in total. The molecule has 1 amide bonds. The molecule has 1 aromatic rings. The van der Waals surface area contributed by atoms with Crippen LogP contribution >= 0.6 is 0 Å². The van der Waals surface area contributed by atoms with E-state index >= 15 is 0 Å². The molecule has 2 aliphatic carbocycles. The minimum absolute atomic E-state index is 0.0795. The molecule has 1 spiro atoms. The number of rotatable bonds is 9. The average molecular weight is 563 g/mol. The van der Waals surface area contributed by atoms with Crippen LogP contribution in [0, 0.1) is 0 Å². The molecular formula is C27H34N2O11. The Labute approximate surface area is 229 Å². The van der Waals surface area contributed by atoms with Crippen molar-refractivity contribution in [3.05, 3.63) is 35.1 Å². The molecule has 2 unspecified atom stereocenters. The summed E-state index contributed by atoms with van der Waals surface area (Å²) in [6.07, 6.45) is -3.64. The summed E-state index contributed by atoms with van der Waals surface area (Å²) in [5.41, 5.74) is -0.552. The minimum atomic E-state index is -1.84. The second kappa shape index (κ2) is 10.00. The summed E-state index contributed by atoms with van der Waals surface area (Å²) in [6.45, 7) is 3.19. The first-order chi connectivity index (χ1) is 18.8. The zero-order valence-corrected chi connectivity index (χ0v) is 22.4. The lowest BCUT2D eigenvalue weighted by Gasteiger charge is -2.61. The zero-order chi connectivity index (χ0) is 29.1. The molecule has 0 radical (unpaired) electrons. The Morgan fingerprint density at radius 1 is 1.25 bits per heavy atom. The maximum Gasteiger partial charge on any atom is 0.340 e. The predicted octanol–water partition coefficient (Wildman–Crippen LogP) is -0.723. The van der Waals surface area contributed by atoms with E-state index in [4.69, 9.17) is 19.3 Å². The van der Waals surface area contributed by atoms with E-state index in [1.165, 1.54) is 13.8 Å². The Balaban J connectivity index is 1.30. The molecule has 1 saturated heterocycles. The number of hydrogen-bond acceptors (Lipinski definition) is 11. The number of esters is 1. The third kappa shape index (κ3) is 4.23. The van der Waals surface area contributed by atoms with Crippen molar-refractivity contribution in [3.8, 4) is 11.5 Å². The number of amides is 1. The van der Waals surface area contributed by atoms with Crippen LogP contribution in [0.2, 0.25) is 0 Å². The third-order valence-electron chi connectivity index (χ3n) is 8.73. The van der Waals surface area contributed by atoms with Crippen molar-refractivity contribution in [2.24, 2.45) is 0 Å².